The number of aromatic nitrogens is 3. The molecule has 0 aromatic carbocycles. The molecular weight excluding hydrogens is 242 g/mol. The zero-order chi connectivity index (χ0) is 13.1. The number of nitrogens with zero attached hydrogens (tertiary/aromatic N) is 3. The van der Waals surface area contributed by atoms with Crippen LogP contribution >= 0.6 is 0 Å². The van der Waals surface area contributed by atoms with Crippen LogP contribution in [0.25, 0.3) is 0 Å². The zero-order valence-electron chi connectivity index (χ0n) is 11.6. The van der Waals surface area contributed by atoms with E-state index in [1.54, 1.807) is 0 Å². The van der Waals surface area contributed by atoms with E-state index in [1.165, 1.54) is 12.8 Å². The summed E-state index contributed by atoms with van der Waals surface area (Å²) in [5.41, 5.74) is 0. The Morgan fingerprint density at radius 3 is 3.21 bits per heavy atom. The molecule has 2 aliphatic heterocycles. The lowest BCUT2D eigenvalue weighted by molar-refractivity contribution is 0.149. The van der Waals surface area contributed by atoms with Crippen molar-refractivity contribution in [3.63, 3.8) is 0 Å². The van der Waals surface area contributed by atoms with E-state index >= 15 is 0 Å². The van der Waals surface area contributed by atoms with E-state index in [0.29, 0.717) is 12.6 Å². The smallest absolute Gasteiger partial charge is 0.244 e. The second-order valence-electron chi connectivity index (χ2n) is 5.40. The molecule has 0 aliphatic carbocycles. The molecule has 1 aromatic rings. The number of hydrogen-bond acceptors (Lipinski definition) is 5. The predicted molar refractivity (Wildman–Crippen MR) is 73.3 cm³/mol. The van der Waals surface area contributed by atoms with Crippen LogP contribution in [0.3, 0.4) is 0 Å². The van der Waals surface area contributed by atoms with Crippen LogP contribution in [0.15, 0.2) is 0 Å². The van der Waals surface area contributed by atoms with Crippen LogP contribution in [0.4, 0.5) is 5.95 Å². The highest BCUT2D eigenvalue weighted by atomic mass is 16.5. The van der Waals surface area contributed by atoms with E-state index in [0.717, 1.165) is 50.4 Å². The highest BCUT2D eigenvalue weighted by Crippen LogP contribution is 2.27. The van der Waals surface area contributed by atoms with Crippen LogP contribution in [0.1, 0.15) is 25.6 Å². The van der Waals surface area contributed by atoms with Gasteiger partial charge in [0.2, 0.25) is 5.95 Å². The van der Waals surface area contributed by atoms with Gasteiger partial charge in [-0.15, -0.1) is 5.10 Å². The number of piperidine rings is 1. The molecule has 2 aliphatic rings. The van der Waals surface area contributed by atoms with E-state index in [1.807, 2.05) is 6.92 Å². The summed E-state index contributed by atoms with van der Waals surface area (Å²) in [6.45, 7) is 6.74. The van der Waals surface area contributed by atoms with Crippen molar-refractivity contribution in [1.82, 2.24) is 20.5 Å². The SMILES string of the molecule is CCOCCc1nc(N2CC3CCCNC3C2)n[nH]1. The second-order valence-corrected chi connectivity index (χ2v) is 5.40. The lowest BCUT2D eigenvalue weighted by atomic mass is 9.94. The van der Waals surface area contributed by atoms with Gasteiger partial charge in [0.05, 0.1) is 6.61 Å². The van der Waals surface area contributed by atoms with Gasteiger partial charge in [0.25, 0.3) is 0 Å². The summed E-state index contributed by atoms with van der Waals surface area (Å²) in [6.07, 6.45) is 3.43. The lowest BCUT2D eigenvalue weighted by Crippen LogP contribution is -2.40. The van der Waals surface area contributed by atoms with Gasteiger partial charge in [0.1, 0.15) is 5.82 Å². The van der Waals surface area contributed by atoms with Crippen molar-refractivity contribution in [1.29, 1.82) is 0 Å². The minimum absolute atomic E-state index is 0.624. The van der Waals surface area contributed by atoms with Gasteiger partial charge in [-0.3, -0.25) is 5.10 Å². The number of ether oxygens (including phenoxy) is 1. The zero-order valence-corrected chi connectivity index (χ0v) is 11.6. The van der Waals surface area contributed by atoms with Crippen molar-refractivity contribution >= 4 is 5.95 Å². The third-order valence-electron chi connectivity index (χ3n) is 4.09. The maximum Gasteiger partial charge on any atom is 0.244 e. The van der Waals surface area contributed by atoms with Crippen molar-refractivity contribution in [3.05, 3.63) is 5.82 Å². The van der Waals surface area contributed by atoms with Crippen LogP contribution in [0.2, 0.25) is 0 Å². The summed E-state index contributed by atoms with van der Waals surface area (Å²) in [5.74, 6) is 2.54. The molecule has 0 radical (unpaired) electrons. The Bertz CT molecular complexity index is 393. The van der Waals surface area contributed by atoms with E-state index in [-0.39, 0.29) is 0 Å². The quantitative estimate of drug-likeness (QED) is 0.762. The average molecular weight is 265 g/mol. The molecule has 6 nitrogen and oxygen atoms in total. The van der Waals surface area contributed by atoms with Crippen molar-refractivity contribution in [2.24, 2.45) is 5.92 Å². The molecule has 3 rings (SSSR count). The van der Waals surface area contributed by atoms with Gasteiger partial charge in [0, 0.05) is 32.2 Å². The third kappa shape index (κ3) is 2.90. The monoisotopic (exact) mass is 265 g/mol. The molecule has 2 N–H and O–H groups in total. The molecule has 0 spiro atoms. The number of aromatic amines is 1. The molecule has 106 valence electrons. The van der Waals surface area contributed by atoms with Crippen LogP contribution < -0.4 is 10.2 Å². The summed E-state index contributed by atoms with van der Waals surface area (Å²) >= 11 is 0. The Balaban J connectivity index is 1.57. The molecule has 3 heterocycles. The molecule has 2 fully saturated rings. The number of rotatable bonds is 5. The minimum atomic E-state index is 0.624. The number of hydrogen-bond donors (Lipinski definition) is 2. The van der Waals surface area contributed by atoms with E-state index in [9.17, 15) is 0 Å². The van der Waals surface area contributed by atoms with Crippen LogP contribution in [-0.4, -0.2) is 54.1 Å². The first kappa shape index (κ1) is 12.9. The lowest BCUT2D eigenvalue weighted by Gasteiger charge is -2.24. The van der Waals surface area contributed by atoms with Gasteiger partial charge in [-0.1, -0.05) is 0 Å². The predicted octanol–water partition coefficient (Wildman–Crippen LogP) is 0.572. The second kappa shape index (κ2) is 5.88. The van der Waals surface area contributed by atoms with Gasteiger partial charge < -0.3 is 15.0 Å². The number of fused-ring (bicyclic) bond motifs is 1. The summed E-state index contributed by atoms with van der Waals surface area (Å²) in [5, 5.41) is 11.0. The first-order chi connectivity index (χ1) is 9.36. The van der Waals surface area contributed by atoms with Crippen molar-refractivity contribution in [2.75, 3.05) is 37.7 Å². The Morgan fingerprint density at radius 1 is 1.42 bits per heavy atom. The van der Waals surface area contributed by atoms with Crippen LogP contribution in [0, 0.1) is 5.92 Å². The summed E-state index contributed by atoms with van der Waals surface area (Å²) in [4.78, 5) is 6.87. The maximum absolute atomic E-state index is 5.34. The molecular formula is C13H23N5O. The Kier molecular flexibility index (Phi) is 3.98. The molecule has 6 heteroatoms. The topological polar surface area (TPSA) is 66.1 Å². The molecule has 0 amide bonds. The molecule has 19 heavy (non-hydrogen) atoms. The molecule has 2 atom stereocenters. The van der Waals surface area contributed by atoms with Gasteiger partial charge in [-0.25, -0.2) is 0 Å². The molecule has 0 saturated carbocycles. The van der Waals surface area contributed by atoms with Crippen molar-refractivity contribution < 1.29 is 4.74 Å². The summed E-state index contributed by atoms with van der Waals surface area (Å²) in [6, 6.07) is 0.624. The first-order valence-electron chi connectivity index (χ1n) is 7.34. The number of anilines is 1. The largest absolute Gasteiger partial charge is 0.381 e. The Hall–Kier alpha value is -1.14. The molecule has 1 aromatic heterocycles. The van der Waals surface area contributed by atoms with Crippen LogP contribution in [0.5, 0.6) is 0 Å². The highest BCUT2D eigenvalue weighted by Gasteiger charge is 2.35. The van der Waals surface area contributed by atoms with Gasteiger partial charge >= 0.3 is 0 Å². The standard InChI is InChI=1S/C13H23N5O/c1-2-19-7-5-12-15-13(17-16-12)18-8-10-4-3-6-14-11(10)9-18/h10-11,14H,2-9H2,1H3,(H,15,16,17). The van der Waals surface area contributed by atoms with E-state index in [4.69, 9.17) is 4.74 Å². The molecule has 2 saturated heterocycles. The van der Waals surface area contributed by atoms with E-state index < -0.39 is 0 Å². The molecule has 0 bridgehead atoms. The Labute approximate surface area is 113 Å². The number of nitrogens with one attached hydrogen (secondary N) is 2. The fourth-order valence-corrected chi connectivity index (χ4v) is 3.06. The highest BCUT2D eigenvalue weighted by molar-refractivity contribution is 5.32. The van der Waals surface area contributed by atoms with Crippen molar-refractivity contribution in [3.8, 4) is 0 Å². The first-order valence-corrected chi connectivity index (χ1v) is 7.34. The summed E-state index contributed by atoms with van der Waals surface area (Å²) in [7, 11) is 0. The Morgan fingerprint density at radius 2 is 2.37 bits per heavy atom. The maximum atomic E-state index is 5.34. The van der Waals surface area contributed by atoms with E-state index in [2.05, 4.69) is 25.4 Å². The van der Waals surface area contributed by atoms with Crippen molar-refractivity contribution in [2.45, 2.75) is 32.2 Å². The number of H-pyrrole nitrogens is 1. The van der Waals surface area contributed by atoms with Gasteiger partial charge in [-0.2, -0.15) is 4.98 Å². The normalized spacial score (nSPS) is 26.7. The fraction of sp³-hybridized carbons (Fsp3) is 0.846. The average Bonchev–Trinajstić information content (AvgIpc) is 3.04. The van der Waals surface area contributed by atoms with Gasteiger partial charge in [-0.05, 0) is 32.2 Å². The molecule has 2 unspecified atom stereocenters. The fourth-order valence-electron chi connectivity index (χ4n) is 3.06. The van der Waals surface area contributed by atoms with Gasteiger partial charge in [0.15, 0.2) is 0 Å². The minimum Gasteiger partial charge on any atom is -0.381 e. The third-order valence-corrected chi connectivity index (χ3v) is 4.09. The summed E-state index contributed by atoms with van der Waals surface area (Å²) < 4.78 is 5.34. The van der Waals surface area contributed by atoms with Crippen LogP contribution in [-0.2, 0) is 11.2 Å².